The first-order valence-electron chi connectivity index (χ1n) is 9.47. The summed E-state index contributed by atoms with van der Waals surface area (Å²) in [7, 11) is 0. The molecule has 0 radical (unpaired) electrons. The van der Waals surface area contributed by atoms with E-state index >= 15 is 0 Å². The number of hydrogen-bond donors (Lipinski definition) is 0. The number of Topliss-reactive ketones (excluding diaryl/α,β-unsaturated/α-hetero) is 1. The summed E-state index contributed by atoms with van der Waals surface area (Å²) < 4.78 is 59.8. The molecule has 0 atom stereocenters. The Morgan fingerprint density at radius 2 is 1.10 bits per heavy atom. The van der Waals surface area contributed by atoms with Crippen LogP contribution in [0.2, 0.25) is 0 Å². The van der Waals surface area contributed by atoms with Crippen molar-refractivity contribution in [2.45, 2.75) is 38.9 Å². The summed E-state index contributed by atoms with van der Waals surface area (Å²) in [5.74, 6) is -0.275. The van der Waals surface area contributed by atoms with Gasteiger partial charge in [-0.1, -0.05) is 36.4 Å². The van der Waals surface area contributed by atoms with Gasteiger partial charge in [0.05, 0.1) is 0 Å². The number of ketones is 1. The second kappa shape index (κ2) is 10.1. The minimum Gasteiger partial charge on any atom is -0.434 e. The standard InChI is InChI=1S/C23H20F4O3/c24-22(25)29-19-11-5-3-7-15(19)13-17-9-1-2-10-18(21(17)28)14-16-8-4-6-12-20(16)30-23(26)27/h3-8,11-14,22-23H,1-2,9-10H2. The van der Waals surface area contributed by atoms with Gasteiger partial charge in [0.25, 0.3) is 0 Å². The van der Waals surface area contributed by atoms with Crippen LogP contribution in [0.25, 0.3) is 12.2 Å². The van der Waals surface area contributed by atoms with Crippen molar-refractivity contribution in [1.29, 1.82) is 0 Å². The number of carbonyl (C=O) groups excluding carboxylic acids is 1. The Balaban J connectivity index is 1.95. The van der Waals surface area contributed by atoms with Gasteiger partial charge in [0.2, 0.25) is 0 Å². The van der Waals surface area contributed by atoms with Crippen molar-refractivity contribution in [2.75, 3.05) is 0 Å². The van der Waals surface area contributed by atoms with Crippen molar-refractivity contribution >= 4 is 17.9 Å². The number of hydrogen-bond acceptors (Lipinski definition) is 3. The molecule has 1 saturated carbocycles. The SMILES string of the molecule is O=C1C(=Cc2ccccc2OC(F)F)CCCCC1=Cc1ccccc1OC(F)F. The van der Waals surface area contributed by atoms with E-state index in [2.05, 4.69) is 9.47 Å². The van der Waals surface area contributed by atoms with Crippen molar-refractivity contribution in [3.8, 4) is 11.5 Å². The topological polar surface area (TPSA) is 35.5 Å². The Morgan fingerprint density at radius 3 is 1.50 bits per heavy atom. The van der Waals surface area contributed by atoms with E-state index in [1.54, 1.807) is 48.6 Å². The second-order valence-corrected chi connectivity index (χ2v) is 6.71. The van der Waals surface area contributed by atoms with Crippen LogP contribution in [0.1, 0.15) is 36.8 Å². The summed E-state index contributed by atoms with van der Waals surface area (Å²) in [6.45, 7) is -5.95. The molecule has 3 nitrogen and oxygen atoms in total. The van der Waals surface area contributed by atoms with Gasteiger partial charge in [-0.05, 0) is 50.0 Å². The van der Waals surface area contributed by atoms with Crippen LogP contribution in [0.15, 0.2) is 59.7 Å². The largest absolute Gasteiger partial charge is 0.434 e. The lowest BCUT2D eigenvalue weighted by Gasteiger charge is -2.11. The summed E-state index contributed by atoms with van der Waals surface area (Å²) in [6.07, 6.45) is 5.55. The van der Waals surface area contributed by atoms with E-state index in [1.807, 2.05) is 0 Å². The van der Waals surface area contributed by atoms with Crippen LogP contribution in [0, 0.1) is 0 Å². The van der Waals surface area contributed by atoms with Crippen LogP contribution in [0.3, 0.4) is 0 Å². The molecule has 30 heavy (non-hydrogen) atoms. The number of carbonyl (C=O) groups is 1. The number of ether oxygens (including phenoxy) is 2. The number of allylic oxidation sites excluding steroid dienone is 2. The van der Waals surface area contributed by atoms with Gasteiger partial charge in [-0.15, -0.1) is 0 Å². The highest BCUT2D eigenvalue weighted by Crippen LogP contribution is 2.31. The first kappa shape index (κ1) is 21.6. The molecule has 1 fully saturated rings. The van der Waals surface area contributed by atoms with Crippen LogP contribution in [-0.2, 0) is 4.79 Å². The molecule has 0 spiro atoms. The number of alkyl halides is 4. The number of para-hydroxylation sites is 2. The Labute approximate surface area is 171 Å². The Morgan fingerprint density at radius 1 is 0.700 bits per heavy atom. The lowest BCUT2D eigenvalue weighted by Crippen LogP contribution is -2.06. The predicted molar refractivity (Wildman–Crippen MR) is 106 cm³/mol. The monoisotopic (exact) mass is 420 g/mol. The number of benzene rings is 2. The van der Waals surface area contributed by atoms with Crippen molar-refractivity contribution < 1.29 is 31.8 Å². The van der Waals surface area contributed by atoms with Gasteiger partial charge < -0.3 is 9.47 Å². The summed E-state index contributed by atoms with van der Waals surface area (Å²) in [6, 6.07) is 12.5. The lowest BCUT2D eigenvalue weighted by molar-refractivity contribution is -0.112. The van der Waals surface area contributed by atoms with E-state index < -0.39 is 13.2 Å². The molecular weight excluding hydrogens is 400 g/mol. The highest BCUT2D eigenvalue weighted by Gasteiger charge is 2.20. The van der Waals surface area contributed by atoms with Crippen LogP contribution in [0.4, 0.5) is 17.6 Å². The average Bonchev–Trinajstić information content (AvgIpc) is 2.86. The third kappa shape index (κ3) is 5.72. The molecule has 3 rings (SSSR count). The first-order chi connectivity index (χ1) is 14.4. The Kier molecular flexibility index (Phi) is 7.27. The fraction of sp³-hybridized carbons (Fsp3) is 0.261. The molecule has 2 aromatic carbocycles. The summed E-state index contributed by atoms with van der Waals surface area (Å²) in [5.41, 5.74) is 1.67. The molecule has 0 saturated heterocycles. The maximum absolute atomic E-state index is 13.1. The summed E-state index contributed by atoms with van der Waals surface area (Å²) in [5, 5.41) is 0. The van der Waals surface area contributed by atoms with E-state index in [0.717, 1.165) is 12.8 Å². The molecule has 7 heteroatoms. The molecule has 0 heterocycles. The summed E-state index contributed by atoms with van der Waals surface area (Å²) >= 11 is 0. The molecule has 0 aliphatic heterocycles. The van der Waals surface area contributed by atoms with Crippen LogP contribution in [0.5, 0.6) is 11.5 Å². The third-order valence-electron chi connectivity index (χ3n) is 4.66. The van der Waals surface area contributed by atoms with Crippen molar-refractivity contribution in [1.82, 2.24) is 0 Å². The minimum absolute atomic E-state index is 0.0155. The van der Waals surface area contributed by atoms with Crippen LogP contribution < -0.4 is 9.47 Å². The maximum Gasteiger partial charge on any atom is 0.387 e. The van der Waals surface area contributed by atoms with Crippen LogP contribution >= 0.6 is 0 Å². The molecule has 2 aromatic rings. The normalized spacial score (nSPS) is 17.6. The van der Waals surface area contributed by atoms with E-state index in [9.17, 15) is 22.4 Å². The number of halogens is 4. The van der Waals surface area contributed by atoms with Gasteiger partial charge in [0, 0.05) is 22.3 Å². The van der Waals surface area contributed by atoms with Crippen LogP contribution in [-0.4, -0.2) is 19.0 Å². The van der Waals surface area contributed by atoms with Gasteiger partial charge in [0.1, 0.15) is 11.5 Å². The van der Waals surface area contributed by atoms with Crippen molar-refractivity contribution in [3.05, 3.63) is 70.8 Å². The molecule has 1 aliphatic carbocycles. The maximum atomic E-state index is 13.1. The highest BCUT2D eigenvalue weighted by atomic mass is 19.3. The first-order valence-corrected chi connectivity index (χ1v) is 9.47. The third-order valence-corrected chi connectivity index (χ3v) is 4.66. The zero-order chi connectivity index (χ0) is 21.5. The smallest absolute Gasteiger partial charge is 0.387 e. The van der Waals surface area contributed by atoms with Gasteiger partial charge in [-0.3, -0.25) is 4.79 Å². The molecular formula is C23H20F4O3. The van der Waals surface area contributed by atoms with E-state index in [0.29, 0.717) is 35.1 Å². The van der Waals surface area contributed by atoms with Gasteiger partial charge >= 0.3 is 13.2 Å². The average molecular weight is 420 g/mol. The zero-order valence-electron chi connectivity index (χ0n) is 16.0. The molecule has 0 aromatic heterocycles. The molecule has 0 amide bonds. The van der Waals surface area contributed by atoms with Gasteiger partial charge in [0.15, 0.2) is 5.78 Å². The molecule has 0 N–H and O–H groups in total. The Hall–Kier alpha value is -3.09. The van der Waals surface area contributed by atoms with Crippen molar-refractivity contribution in [3.63, 3.8) is 0 Å². The predicted octanol–water partition coefficient (Wildman–Crippen LogP) is 6.50. The number of rotatable bonds is 6. The van der Waals surface area contributed by atoms with E-state index in [1.165, 1.54) is 12.1 Å². The van der Waals surface area contributed by atoms with Gasteiger partial charge in [-0.25, -0.2) is 0 Å². The Bertz CT molecular complexity index is 875. The molecule has 0 unspecified atom stereocenters. The quantitative estimate of drug-likeness (QED) is 0.304. The van der Waals surface area contributed by atoms with E-state index in [-0.39, 0.29) is 17.3 Å². The minimum atomic E-state index is -2.98. The molecule has 158 valence electrons. The molecule has 0 bridgehead atoms. The fourth-order valence-corrected chi connectivity index (χ4v) is 3.32. The second-order valence-electron chi connectivity index (χ2n) is 6.71. The fourth-order valence-electron chi connectivity index (χ4n) is 3.32. The zero-order valence-corrected chi connectivity index (χ0v) is 16.0. The van der Waals surface area contributed by atoms with Gasteiger partial charge in [-0.2, -0.15) is 17.6 Å². The van der Waals surface area contributed by atoms with Crippen molar-refractivity contribution in [2.24, 2.45) is 0 Å². The molecule has 1 aliphatic rings. The summed E-state index contributed by atoms with van der Waals surface area (Å²) in [4.78, 5) is 13.1. The van der Waals surface area contributed by atoms with E-state index in [4.69, 9.17) is 0 Å². The lowest BCUT2D eigenvalue weighted by atomic mass is 9.97. The highest BCUT2D eigenvalue weighted by molar-refractivity contribution is 6.13.